The molecule has 3 N–H and O–H groups in total. The van der Waals surface area contributed by atoms with Crippen molar-refractivity contribution in [3.63, 3.8) is 0 Å². The van der Waals surface area contributed by atoms with Crippen LogP contribution < -0.4 is 5.32 Å². The number of carbonyl (C=O) groups is 1. The molecule has 1 heterocycles. The second-order valence-electron chi connectivity index (χ2n) is 3.95. The molecule has 0 bridgehead atoms. The molecular weight excluding hydrogens is 206 g/mol. The molecule has 1 aromatic heterocycles. The molecule has 1 aromatic rings. The SMILES string of the molecule is CCC(CC)(CO)NC(=O)Cc1ccn[nH]1. The van der Waals surface area contributed by atoms with E-state index < -0.39 is 5.54 Å². The topological polar surface area (TPSA) is 78.0 Å². The van der Waals surface area contributed by atoms with Crippen LogP contribution in [0.5, 0.6) is 0 Å². The Morgan fingerprint density at radius 3 is 2.69 bits per heavy atom. The highest BCUT2D eigenvalue weighted by molar-refractivity contribution is 5.78. The number of nitrogens with zero attached hydrogens (tertiary/aromatic N) is 1. The molecule has 0 aliphatic rings. The number of H-pyrrole nitrogens is 1. The van der Waals surface area contributed by atoms with Gasteiger partial charge in [0.1, 0.15) is 0 Å². The average Bonchev–Trinajstić information content (AvgIpc) is 2.79. The lowest BCUT2D eigenvalue weighted by molar-refractivity contribution is -0.123. The molecule has 0 aromatic carbocycles. The second kappa shape index (κ2) is 5.65. The Kier molecular flexibility index (Phi) is 4.49. The van der Waals surface area contributed by atoms with E-state index in [1.165, 1.54) is 0 Å². The third kappa shape index (κ3) is 3.06. The lowest BCUT2D eigenvalue weighted by atomic mass is 9.93. The van der Waals surface area contributed by atoms with Gasteiger partial charge >= 0.3 is 0 Å². The molecule has 0 saturated heterocycles. The minimum atomic E-state index is -0.489. The van der Waals surface area contributed by atoms with Crippen LogP contribution in [0.2, 0.25) is 0 Å². The summed E-state index contributed by atoms with van der Waals surface area (Å²) < 4.78 is 0. The van der Waals surface area contributed by atoms with Gasteiger partial charge in [-0.25, -0.2) is 0 Å². The standard InChI is InChI=1S/C11H19N3O2/c1-3-11(4-2,8-15)13-10(16)7-9-5-6-12-14-9/h5-6,15H,3-4,7-8H2,1-2H3,(H,12,14)(H,13,16). The summed E-state index contributed by atoms with van der Waals surface area (Å²) in [6.45, 7) is 3.88. The second-order valence-corrected chi connectivity index (χ2v) is 3.95. The number of carbonyl (C=O) groups excluding carboxylic acids is 1. The minimum absolute atomic E-state index is 0.0330. The van der Waals surface area contributed by atoms with Gasteiger partial charge in [0.2, 0.25) is 5.91 Å². The summed E-state index contributed by atoms with van der Waals surface area (Å²) in [4.78, 5) is 11.7. The minimum Gasteiger partial charge on any atom is -0.394 e. The molecule has 0 aliphatic carbocycles. The molecule has 90 valence electrons. The van der Waals surface area contributed by atoms with Crippen LogP contribution >= 0.6 is 0 Å². The van der Waals surface area contributed by atoms with Crippen molar-refractivity contribution >= 4 is 5.91 Å². The zero-order chi connectivity index (χ0) is 12.0. The number of rotatable bonds is 6. The predicted molar refractivity (Wildman–Crippen MR) is 60.8 cm³/mol. The normalized spacial score (nSPS) is 11.4. The van der Waals surface area contributed by atoms with Crippen LogP contribution in [-0.4, -0.2) is 33.4 Å². The summed E-state index contributed by atoms with van der Waals surface area (Å²) in [5.41, 5.74) is 0.286. The van der Waals surface area contributed by atoms with E-state index in [9.17, 15) is 9.90 Å². The van der Waals surface area contributed by atoms with Crippen molar-refractivity contribution in [2.24, 2.45) is 0 Å². The van der Waals surface area contributed by atoms with E-state index in [2.05, 4.69) is 15.5 Å². The van der Waals surface area contributed by atoms with E-state index in [1.54, 1.807) is 12.3 Å². The molecule has 0 radical (unpaired) electrons. The molecule has 0 unspecified atom stereocenters. The summed E-state index contributed by atoms with van der Waals surface area (Å²) in [5.74, 6) is -0.0954. The molecular formula is C11H19N3O2. The summed E-state index contributed by atoms with van der Waals surface area (Å²) >= 11 is 0. The maximum absolute atomic E-state index is 11.7. The Morgan fingerprint density at radius 2 is 2.25 bits per heavy atom. The quantitative estimate of drug-likeness (QED) is 0.664. The van der Waals surface area contributed by atoms with Crippen LogP contribution in [0.3, 0.4) is 0 Å². The maximum atomic E-state index is 11.7. The van der Waals surface area contributed by atoms with Gasteiger partial charge in [-0.1, -0.05) is 13.8 Å². The molecule has 1 rings (SSSR count). The Hall–Kier alpha value is -1.36. The molecule has 0 atom stereocenters. The van der Waals surface area contributed by atoms with E-state index >= 15 is 0 Å². The van der Waals surface area contributed by atoms with E-state index in [0.717, 1.165) is 5.69 Å². The van der Waals surface area contributed by atoms with Crippen molar-refractivity contribution in [1.82, 2.24) is 15.5 Å². The van der Waals surface area contributed by atoms with Gasteiger partial charge in [-0.05, 0) is 18.9 Å². The lowest BCUT2D eigenvalue weighted by Crippen LogP contribution is -2.51. The zero-order valence-electron chi connectivity index (χ0n) is 9.79. The first-order valence-electron chi connectivity index (χ1n) is 5.56. The fourth-order valence-corrected chi connectivity index (χ4v) is 1.59. The molecule has 0 spiro atoms. The van der Waals surface area contributed by atoms with Crippen molar-refractivity contribution in [3.8, 4) is 0 Å². The lowest BCUT2D eigenvalue weighted by Gasteiger charge is -2.30. The smallest absolute Gasteiger partial charge is 0.226 e. The van der Waals surface area contributed by atoms with Gasteiger partial charge in [-0.3, -0.25) is 9.89 Å². The van der Waals surface area contributed by atoms with Crippen LogP contribution in [0.4, 0.5) is 0 Å². The number of aromatic nitrogens is 2. The van der Waals surface area contributed by atoms with Gasteiger partial charge in [0, 0.05) is 11.9 Å². The van der Waals surface area contributed by atoms with Crippen molar-refractivity contribution in [3.05, 3.63) is 18.0 Å². The average molecular weight is 225 g/mol. The Morgan fingerprint density at radius 1 is 1.56 bits per heavy atom. The third-order valence-corrected chi connectivity index (χ3v) is 2.97. The number of amides is 1. The van der Waals surface area contributed by atoms with Gasteiger partial charge in [0.15, 0.2) is 0 Å². The van der Waals surface area contributed by atoms with Crippen molar-refractivity contribution in [2.75, 3.05) is 6.61 Å². The summed E-state index contributed by atoms with van der Waals surface area (Å²) in [5, 5.41) is 18.7. The number of nitrogens with one attached hydrogen (secondary N) is 2. The van der Waals surface area contributed by atoms with Crippen molar-refractivity contribution in [1.29, 1.82) is 0 Å². The van der Waals surface area contributed by atoms with E-state index in [4.69, 9.17) is 0 Å². The zero-order valence-corrected chi connectivity index (χ0v) is 9.79. The van der Waals surface area contributed by atoms with Crippen LogP contribution in [0.15, 0.2) is 12.3 Å². The highest BCUT2D eigenvalue weighted by atomic mass is 16.3. The largest absolute Gasteiger partial charge is 0.394 e. The Balaban J connectivity index is 2.55. The Labute approximate surface area is 95.3 Å². The fourth-order valence-electron chi connectivity index (χ4n) is 1.59. The van der Waals surface area contributed by atoms with Crippen LogP contribution in [0, 0.1) is 0 Å². The van der Waals surface area contributed by atoms with Crippen LogP contribution in [0.25, 0.3) is 0 Å². The molecule has 5 heteroatoms. The van der Waals surface area contributed by atoms with Gasteiger partial charge in [-0.2, -0.15) is 5.10 Å². The molecule has 1 amide bonds. The number of aliphatic hydroxyl groups excluding tert-OH is 1. The van der Waals surface area contributed by atoms with Gasteiger partial charge in [0.05, 0.1) is 18.6 Å². The Bertz CT molecular complexity index is 310. The van der Waals surface area contributed by atoms with E-state index in [0.29, 0.717) is 12.8 Å². The van der Waals surface area contributed by atoms with Gasteiger partial charge < -0.3 is 10.4 Å². The summed E-state index contributed by atoms with van der Waals surface area (Å²) in [7, 11) is 0. The van der Waals surface area contributed by atoms with Gasteiger partial charge in [0.25, 0.3) is 0 Å². The fraction of sp³-hybridized carbons (Fsp3) is 0.636. The highest BCUT2D eigenvalue weighted by Crippen LogP contribution is 2.14. The van der Waals surface area contributed by atoms with Crippen molar-refractivity contribution in [2.45, 2.75) is 38.6 Å². The van der Waals surface area contributed by atoms with E-state index in [-0.39, 0.29) is 18.9 Å². The van der Waals surface area contributed by atoms with Crippen LogP contribution in [0.1, 0.15) is 32.4 Å². The van der Waals surface area contributed by atoms with Crippen LogP contribution in [-0.2, 0) is 11.2 Å². The van der Waals surface area contributed by atoms with E-state index in [1.807, 2.05) is 13.8 Å². The van der Waals surface area contributed by atoms with Crippen molar-refractivity contribution < 1.29 is 9.90 Å². The molecule has 0 aliphatic heterocycles. The highest BCUT2D eigenvalue weighted by Gasteiger charge is 2.26. The molecule has 0 saturated carbocycles. The number of hydrogen-bond donors (Lipinski definition) is 3. The molecule has 5 nitrogen and oxygen atoms in total. The summed E-state index contributed by atoms with van der Waals surface area (Å²) in [6.07, 6.45) is 3.31. The summed E-state index contributed by atoms with van der Waals surface area (Å²) in [6, 6.07) is 1.76. The monoisotopic (exact) mass is 225 g/mol. The first-order chi connectivity index (χ1) is 7.65. The predicted octanol–water partition coefficient (Wildman–Crippen LogP) is 0.619. The molecule has 0 fully saturated rings. The number of aliphatic hydroxyl groups is 1. The third-order valence-electron chi connectivity index (χ3n) is 2.97. The maximum Gasteiger partial charge on any atom is 0.226 e. The number of aromatic amines is 1. The first kappa shape index (κ1) is 12.7. The molecule has 16 heavy (non-hydrogen) atoms. The van der Waals surface area contributed by atoms with Gasteiger partial charge in [-0.15, -0.1) is 0 Å². The first-order valence-corrected chi connectivity index (χ1v) is 5.56. The number of hydrogen-bond acceptors (Lipinski definition) is 3.